The first-order valence-corrected chi connectivity index (χ1v) is 7.68. The van der Waals surface area contributed by atoms with Gasteiger partial charge in [0.15, 0.2) is 0 Å². The maximum absolute atomic E-state index is 5.06. The number of hydrogen-bond donors (Lipinski definition) is 1. The summed E-state index contributed by atoms with van der Waals surface area (Å²) in [7, 11) is 3.82. The number of hydrogen-bond acceptors (Lipinski definition) is 4. The van der Waals surface area contributed by atoms with Crippen molar-refractivity contribution in [3.8, 4) is 0 Å². The van der Waals surface area contributed by atoms with Crippen LogP contribution >= 0.6 is 0 Å². The Balaban J connectivity index is 1.66. The van der Waals surface area contributed by atoms with E-state index in [1.807, 2.05) is 12.4 Å². The van der Waals surface area contributed by atoms with Crippen LogP contribution in [0.5, 0.6) is 0 Å². The lowest BCUT2D eigenvalue weighted by Gasteiger charge is -2.32. The second kappa shape index (κ2) is 8.39. The smallest absolute Gasteiger partial charge is 0.109 e. The van der Waals surface area contributed by atoms with Crippen LogP contribution in [0.2, 0.25) is 0 Å². The van der Waals surface area contributed by atoms with Gasteiger partial charge in [0.05, 0.1) is 6.61 Å². The van der Waals surface area contributed by atoms with Gasteiger partial charge in [-0.05, 0) is 31.8 Å². The van der Waals surface area contributed by atoms with Crippen LogP contribution in [0.25, 0.3) is 0 Å². The summed E-state index contributed by atoms with van der Waals surface area (Å²) >= 11 is 0. The summed E-state index contributed by atoms with van der Waals surface area (Å²) in [6.45, 7) is 6.45. The van der Waals surface area contributed by atoms with Crippen molar-refractivity contribution in [2.45, 2.75) is 19.3 Å². The molecule has 0 aromatic carbocycles. The van der Waals surface area contributed by atoms with E-state index in [9.17, 15) is 0 Å². The van der Waals surface area contributed by atoms with Crippen molar-refractivity contribution in [3.05, 3.63) is 18.2 Å². The molecule has 5 heteroatoms. The highest BCUT2D eigenvalue weighted by Crippen LogP contribution is 2.16. The van der Waals surface area contributed by atoms with Gasteiger partial charge >= 0.3 is 0 Å². The molecule has 114 valence electrons. The number of nitrogens with zero attached hydrogens (tertiary/aromatic N) is 3. The number of nitrogens with one attached hydrogen (secondary N) is 1. The number of ether oxygens (including phenoxy) is 1. The number of rotatable bonds is 8. The van der Waals surface area contributed by atoms with Crippen molar-refractivity contribution >= 4 is 0 Å². The van der Waals surface area contributed by atoms with Gasteiger partial charge in [-0.15, -0.1) is 0 Å². The largest absolute Gasteiger partial charge is 0.383 e. The van der Waals surface area contributed by atoms with Crippen LogP contribution in [-0.2, 0) is 18.2 Å². The monoisotopic (exact) mass is 280 g/mol. The van der Waals surface area contributed by atoms with Gasteiger partial charge in [-0.1, -0.05) is 0 Å². The summed E-state index contributed by atoms with van der Waals surface area (Å²) in [5.41, 5.74) is 0. The maximum atomic E-state index is 5.06. The Morgan fingerprint density at radius 2 is 2.40 bits per heavy atom. The van der Waals surface area contributed by atoms with E-state index in [4.69, 9.17) is 4.74 Å². The van der Waals surface area contributed by atoms with Gasteiger partial charge in [0.2, 0.25) is 0 Å². The molecule has 0 spiro atoms. The normalized spacial score (nSPS) is 20.4. The first-order chi connectivity index (χ1) is 9.79. The van der Waals surface area contributed by atoms with Crippen LogP contribution in [0.15, 0.2) is 12.4 Å². The molecule has 1 aliphatic rings. The van der Waals surface area contributed by atoms with E-state index in [0.29, 0.717) is 0 Å². The molecule has 1 N–H and O–H groups in total. The molecular weight excluding hydrogens is 252 g/mol. The van der Waals surface area contributed by atoms with Crippen molar-refractivity contribution < 1.29 is 4.74 Å². The van der Waals surface area contributed by atoms with E-state index in [0.717, 1.165) is 38.6 Å². The minimum Gasteiger partial charge on any atom is -0.383 e. The van der Waals surface area contributed by atoms with E-state index in [1.165, 1.54) is 31.8 Å². The fourth-order valence-corrected chi connectivity index (χ4v) is 2.90. The van der Waals surface area contributed by atoms with Crippen molar-refractivity contribution in [2.75, 3.05) is 46.4 Å². The number of methoxy groups -OCH3 is 1. The van der Waals surface area contributed by atoms with E-state index < -0.39 is 0 Å². The number of likely N-dealkylation sites (tertiary alicyclic amines) is 1. The third kappa shape index (κ3) is 4.89. The van der Waals surface area contributed by atoms with Gasteiger partial charge < -0.3 is 19.5 Å². The highest BCUT2D eigenvalue weighted by Gasteiger charge is 2.19. The zero-order valence-corrected chi connectivity index (χ0v) is 12.8. The summed E-state index contributed by atoms with van der Waals surface area (Å²) in [6.07, 6.45) is 7.62. The molecule has 0 amide bonds. The summed E-state index contributed by atoms with van der Waals surface area (Å²) in [4.78, 5) is 6.98. The van der Waals surface area contributed by atoms with E-state index in [-0.39, 0.29) is 0 Å². The Kier molecular flexibility index (Phi) is 6.50. The fraction of sp³-hybridized carbons (Fsp3) is 0.800. The SMILES string of the molecule is COCCNCC1CCCN(CCc2nccn2C)C1. The van der Waals surface area contributed by atoms with Gasteiger partial charge in [0.1, 0.15) is 5.82 Å². The Bertz CT molecular complexity index is 380. The van der Waals surface area contributed by atoms with Crippen molar-refractivity contribution in [1.29, 1.82) is 0 Å². The predicted octanol–water partition coefficient (Wildman–Crippen LogP) is 0.911. The lowest BCUT2D eigenvalue weighted by atomic mass is 9.98. The van der Waals surface area contributed by atoms with Gasteiger partial charge in [-0.3, -0.25) is 0 Å². The van der Waals surface area contributed by atoms with Gasteiger partial charge in [-0.2, -0.15) is 0 Å². The van der Waals surface area contributed by atoms with E-state index >= 15 is 0 Å². The zero-order chi connectivity index (χ0) is 14.2. The Hall–Kier alpha value is -0.910. The summed E-state index contributed by atoms with van der Waals surface area (Å²) in [5, 5.41) is 3.49. The molecule has 0 bridgehead atoms. The van der Waals surface area contributed by atoms with Crippen molar-refractivity contribution in [2.24, 2.45) is 13.0 Å². The average Bonchev–Trinajstić information content (AvgIpc) is 2.87. The molecule has 1 aliphatic heterocycles. The summed E-state index contributed by atoms with van der Waals surface area (Å²) in [5.74, 6) is 1.97. The third-order valence-electron chi connectivity index (χ3n) is 4.09. The molecule has 5 nitrogen and oxygen atoms in total. The van der Waals surface area contributed by atoms with Crippen LogP contribution in [0.1, 0.15) is 18.7 Å². The molecular formula is C15H28N4O. The number of imidazole rings is 1. The minimum atomic E-state index is 0.780. The average molecular weight is 280 g/mol. The van der Waals surface area contributed by atoms with Crippen molar-refractivity contribution in [3.63, 3.8) is 0 Å². The third-order valence-corrected chi connectivity index (χ3v) is 4.09. The number of aromatic nitrogens is 2. The Labute approximate surface area is 122 Å². The minimum absolute atomic E-state index is 0.780. The maximum Gasteiger partial charge on any atom is 0.109 e. The lowest BCUT2D eigenvalue weighted by Crippen LogP contribution is -2.41. The first-order valence-electron chi connectivity index (χ1n) is 7.68. The predicted molar refractivity (Wildman–Crippen MR) is 80.8 cm³/mol. The first kappa shape index (κ1) is 15.5. The highest BCUT2D eigenvalue weighted by atomic mass is 16.5. The zero-order valence-electron chi connectivity index (χ0n) is 12.8. The lowest BCUT2D eigenvalue weighted by molar-refractivity contribution is 0.165. The molecule has 1 aromatic rings. The van der Waals surface area contributed by atoms with Gasteiger partial charge in [0, 0.05) is 52.6 Å². The van der Waals surface area contributed by atoms with Crippen molar-refractivity contribution in [1.82, 2.24) is 19.8 Å². The molecule has 1 saturated heterocycles. The molecule has 1 fully saturated rings. The van der Waals surface area contributed by atoms with E-state index in [2.05, 4.69) is 26.8 Å². The molecule has 0 radical (unpaired) electrons. The van der Waals surface area contributed by atoms with E-state index in [1.54, 1.807) is 7.11 Å². The molecule has 20 heavy (non-hydrogen) atoms. The van der Waals surface area contributed by atoms with Crippen LogP contribution in [0.3, 0.4) is 0 Å². The summed E-state index contributed by atoms with van der Waals surface area (Å²) in [6, 6.07) is 0. The fourth-order valence-electron chi connectivity index (χ4n) is 2.90. The summed E-state index contributed by atoms with van der Waals surface area (Å²) < 4.78 is 7.18. The van der Waals surface area contributed by atoms with Gasteiger partial charge in [-0.25, -0.2) is 4.98 Å². The van der Waals surface area contributed by atoms with Crippen LogP contribution in [0, 0.1) is 5.92 Å². The second-order valence-corrected chi connectivity index (χ2v) is 5.71. The van der Waals surface area contributed by atoms with Crippen LogP contribution < -0.4 is 5.32 Å². The molecule has 0 aliphatic carbocycles. The molecule has 1 atom stereocenters. The van der Waals surface area contributed by atoms with Crippen LogP contribution in [0.4, 0.5) is 0 Å². The molecule has 2 heterocycles. The Morgan fingerprint density at radius 3 is 3.15 bits per heavy atom. The number of aryl methyl sites for hydroxylation is 1. The number of piperidine rings is 1. The van der Waals surface area contributed by atoms with Crippen LogP contribution in [-0.4, -0.2) is 60.9 Å². The molecule has 1 unspecified atom stereocenters. The van der Waals surface area contributed by atoms with Gasteiger partial charge in [0.25, 0.3) is 0 Å². The molecule has 2 rings (SSSR count). The standard InChI is InChI=1S/C15H28N4O/c1-18-10-6-17-15(18)5-9-19-8-3-4-14(13-19)12-16-7-11-20-2/h6,10,14,16H,3-5,7-9,11-13H2,1-2H3. The topological polar surface area (TPSA) is 42.3 Å². The second-order valence-electron chi connectivity index (χ2n) is 5.71. The quantitative estimate of drug-likeness (QED) is 0.719. The molecule has 1 aromatic heterocycles. The highest BCUT2D eigenvalue weighted by molar-refractivity contribution is 4.92. The molecule has 0 saturated carbocycles. The Morgan fingerprint density at radius 1 is 1.50 bits per heavy atom.